The molecule has 0 aliphatic carbocycles. The Kier molecular flexibility index (Phi) is 3.03. The van der Waals surface area contributed by atoms with Crippen LogP contribution in [-0.4, -0.2) is 11.8 Å². The highest BCUT2D eigenvalue weighted by Gasteiger charge is 2.25. The third-order valence-electron chi connectivity index (χ3n) is 1.52. The first-order valence-electron chi connectivity index (χ1n) is 3.69. The molecule has 0 radical (unpaired) electrons. The van der Waals surface area contributed by atoms with Crippen LogP contribution >= 0.6 is 0 Å². The van der Waals surface area contributed by atoms with E-state index in [1.807, 2.05) is 27.7 Å². The fourth-order valence-corrected chi connectivity index (χ4v) is 0.742. The fourth-order valence-electron chi connectivity index (χ4n) is 0.742. The summed E-state index contributed by atoms with van der Waals surface area (Å²) in [5.41, 5.74) is 5.27. The first-order chi connectivity index (χ1) is 4.39. The van der Waals surface area contributed by atoms with Crippen LogP contribution in [0.4, 0.5) is 0 Å². The Morgan fingerprint density at radius 1 is 1.50 bits per heavy atom. The Hall–Kier alpha value is -0.370. The molecule has 60 valence electrons. The van der Waals surface area contributed by atoms with E-state index in [0.717, 1.165) is 6.42 Å². The lowest BCUT2D eigenvalue weighted by molar-refractivity contribution is -0.127. The second kappa shape index (κ2) is 3.15. The Labute approximate surface area is 62.8 Å². The minimum atomic E-state index is -0.282. The van der Waals surface area contributed by atoms with Gasteiger partial charge in [0.25, 0.3) is 0 Å². The average molecular weight is 143 g/mol. The van der Waals surface area contributed by atoms with Gasteiger partial charge in [-0.05, 0) is 6.42 Å². The Balaban J connectivity index is 4.09. The van der Waals surface area contributed by atoms with Crippen molar-refractivity contribution in [3.05, 3.63) is 0 Å². The molecule has 0 rings (SSSR count). The molecule has 0 aromatic rings. The Bertz CT molecular complexity index is 124. The molecule has 1 atom stereocenters. The molecule has 2 nitrogen and oxygen atoms in total. The van der Waals surface area contributed by atoms with Gasteiger partial charge >= 0.3 is 0 Å². The molecule has 0 aliphatic rings. The SMILES string of the molecule is CCC(N)C(=O)C(C)(C)C. The highest BCUT2D eigenvalue weighted by Crippen LogP contribution is 2.16. The van der Waals surface area contributed by atoms with Crippen LogP contribution in [0.3, 0.4) is 0 Å². The van der Waals surface area contributed by atoms with Crippen LogP contribution in [0.2, 0.25) is 0 Å². The molecule has 2 N–H and O–H groups in total. The number of hydrogen-bond donors (Lipinski definition) is 1. The van der Waals surface area contributed by atoms with Crippen LogP contribution in [-0.2, 0) is 4.79 Å². The first-order valence-corrected chi connectivity index (χ1v) is 3.69. The molecule has 0 bridgehead atoms. The van der Waals surface area contributed by atoms with E-state index in [1.54, 1.807) is 0 Å². The number of hydrogen-bond acceptors (Lipinski definition) is 2. The molecular weight excluding hydrogens is 126 g/mol. The third kappa shape index (κ3) is 2.48. The summed E-state index contributed by atoms with van der Waals surface area (Å²) in [5.74, 6) is 0.148. The molecule has 0 spiro atoms. The summed E-state index contributed by atoms with van der Waals surface area (Å²) < 4.78 is 0. The number of rotatable bonds is 2. The van der Waals surface area contributed by atoms with Gasteiger partial charge in [-0.25, -0.2) is 0 Å². The zero-order valence-corrected chi connectivity index (χ0v) is 7.27. The molecule has 2 heteroatoms. The maximum atomic E-state index is 11.3. The predicted molar refractivity (Wildman–Crippen MR) is 42.7 cm³/mol. The Morgan fingerprint density at radius 3 is 2.00 bits per heavy atom. The van der Waals surface area contributed by atoms with Crippen molar-refractivity contribution in [2.24, 2.45) is 11.1 Å². The second-order valence-electron chi connectivity index (χ2n) is 3.63. The van der Waals surface area contributed by atoms with Gasteiger partial charge in [-0.3, -0.25) is 4.79 Å². The molecule has 0 fully saturated rings. The number of carbonyl (C=O) groups is 1. The summed E-state index contributed by atoms with van der Waals surface area (Å²) in [6, 6.07) is -0.278. The zero-order valence-electron chi connectivity index (χ0n) is 7.27. The van der Waals surface area contributed by atoms with Crippen LogP contribution in [0.15, 0.2) is 0 Å². The van der Waals surface area contributed by atoms with E-state index >= 15 is 0 Å². The van der Waals surface area contributed by atoms with Crippen molar-refractivity contribution in [3.63, 3.8) is 0 Å². The number of ketones is 1. The lowest BCUT2D eigenvalue weighted by Crippen LogP contribution is -2.38. The van der Waals surface area contributed by atoms with Gasteiger partial charge in [0.1, 0.15) is 0 Å². The van der Waals surface area contributed by atoms with Crippen molar-refractivity contribution in [1.82, 2.24) is 0 Å². The van der Waals surface area contributed by atoms with Gasteiger partial charge in [0, 0.05) is 5.41 Å². The van der Waals surface area contributed by atoms with Crippen molar-refractivity contribution < 1.29 is 4.79 Å². The molecule has 0 saturated carbocycles. The number of Topliss-reactive ketones (excluding diaryl/α,β-unsaturated/α-hetero) is 1. The molecular formula is C8H17NO. The third-order valence-corrected chi connectivity index (χ3v) is 1.52. The van der Waals surface area contributed by atoms with Crippen LogP contribution in [0.5, 0.6) is 0 Å². The van der Waals surface area contributed by atoms with E-state index in [0.29, 0.717) is 0 Å². The number of nitrogens with two attached hydrogens (primary N) is 1. The van der Waals surface area contributed by atoms with E-state index in [-0.39, 0.29) is 17.2 Å². The molecule has 1 unspecified atom stereocenters. The normalized spacial score (nSPS) is 14.9. The van der Waals surface area contributed by atoms with Crippen molar-refractivity contribution in [2.45, 2.75) is 40.2 Å². The summed E-state index contributed by atoms with van der Waals surface area (Å²) >= 11 is 0. The standard InChI is InChI=1S/C8H17NO/c1-5-6(9)7(10)8(2,3)4/h6H,5,9H2,1-4H3. The largest absolute Gasteiger partial charge is 0.321 e. The molecule has 0 aromatic heterocycles. The zero-order chi connectivity index (χ0) is 8.36. The topological polar surface area (TPSA) is 43.1 Å². The molecule has 0 aromatic carbocycles. The van der Waals surface area contributed by atoms with Crippen LogP contribution in [0, 0.1) is 5.41 Å². The minimum absolute atomic E-state index is 0.148. The smallest absolute Gasteiger partial charge is 0.154 e. The van der Waals surface area contributed by atoms with Gasteiger partial charge in [0.2, 0.25) is 0 Å². The van der Waals surface area contributed by atoms with Gasteiger partial charge in [-0.15, -0.1) is 0 Å². The van der Waals surface area contributed by atoms with E-state index in [4.69, 9.17) is 5.73 Å². The maximum Gasteiger partial charge on any atom is 0.154 e. The molecule has 10 heavy (non-hydrogen) atoms. The molecule has 0 amide bonds. The van der Waals surface area contributed by atoms with Gasteiger partial charge in [0.05, 0.1) is 6.04 Å². The van der Waals surface area contributed by atoms with Crippen molar-refractivity contribution in [3.8, 4) is 0 Å². The minimum Gasteiger partial charge on any atom is -0.321 e. The highest BCUT2D eigenvalue weighted by molar-refractivity contribution is 5.88. The van der Waals surface area contributed by atoms with Crippen molar-refractivity contribution >= 4 is 5.78 Å². The quantitative estimate of drug-likeness (QED) is 0.634. The Morgan fingerprint density at radius 2 is 1.90 bits per heavy atom. The lowest BCUT2D eigenvalue weighted by Gasteiger charge is -2.20. The summed E-state index contributed by atoms with van der Waals surface area (Å²) in [5, 5.41) is 0. The van der Waals surface area contributed by atoms with E-state index in [2.05, 4.69) is 0 Å². The highest BCUT2D eigenvalue weighted by atomic mass is 16.1. The van der Waals surface area contributed by atoms with Crippen molar-refractivity contribution in [2.75, 3.05) is 0 Å². The monoisotopic (exact) mass is 143 g/mol. The summed E-state index contributed by atoms with van der Waals surface area (Å²) in [4.78, 5) is 11.3. The fraction of sp³-hybridized carbons (Fsp3) is 0.875. The first kappa shape index (κ1) is 9.63. The van der Waals surface area contributed by atoms with Crippen LogP contribution in [0.1, 0.15) is 34.1 Å². The molecule has 0 heterocycles. The number of carbonyl (C=O) groups excluding carboxylic acids is 1. The van der Waals surface area contributed by atoms with E-state index in [9.17, 15) is 4.79 Å². The summed E-state index contributed by atoms with van der Waals surface area (Å²) in [6.07, 6.45) is 0.732. The van der Waals surface area contributed by atoms with Crippen LogP contribution in [0.25, 0.3) is 0 Å². The second-order valence-corrected chi connectivity index (χ2v) is 3.63. The van der Waals surface area contributed by atoms with Gasteiger partial charge < -0.3 is 5.73 Å². The van der Waals surface area contributed by atoms with E-state index in [1.165, 1.54) is 0 Å². The predicted octanol–water partition coefficient (Wildman–Crippen LogP) is 1.34. The maximum absolute atomic E-state index is 11.3. The van der Waals surface area contributed by atoms with Gasteiger partial charge in [-0.2, -0.15) is 0 Å². The average Bonchev–Trinajstić information content (AvgIpc) is 1.83. The van der Waals surface area contributed by atoms with E-state index < -0.39 is 0 Å². The van der Waals surface area contributed by atoms with Crippen LogP contribution < -0.4 is 5.73 Å². The molecule has 0 aliphatic heterocycles. The lowest BCUT2D eigenvalue weighted by atomic mass is 9.86. The van der Waals surface area contributed by atoms with Crippen molar-refractivity contribution in [1.29, 1.82) is 0 Å². The summed E-state index contributed by atoms with van der Waals surface area (Å²) in [7, 11) is 0. The van der Waals surface area contributed by atoms with Gasteiger partial charge in [0.15, 0.2) is 5.78 Å². The van der Waals surface area contributed by atoms with Gasteiger partial charge in [-0.1, -0.05) is 27.7 Å². The summed E-state index contributed by atoms with van der Waals surface area (Å²) in [6.45, 7) is 7.61. The molecule has 0 saturated heterocycles.